The smallest absolute Gasteiger partial charge is 0.0259 e. The first-order chi connectivity index (χ1) is 8.74. The maximum atomic E-state index is 2.46. The zero-order valence-corrected chi connectivity index (χ0v) is 13.4. The highest BCUT2D eigenvalue weighted by Gasteiger charge is 2.09. The van der Waals surface area contributed by atoms with E-state index in [-0.39, 0.29) is 0 Å². The van der Waals surface area contributed by atoms with Gasteiger partial charge < -0.3 is 0 Å². The van der Waals surface area contributed by atoms with Gasteiger partial charge in [0.15, 0.2) is 0 Å². The van der Waals surface area contributed by atoms with Crippen LogP contribution in [0.1, 0.15) is 91.9 Å². The standard InChI is InChI=1S/C18H36/c1-5-8-9-10-11-12-15-17(4)16-18(13-6-2)14-7-3/h12,15,17-18H,5-11,13-14,16H2,1-4H3. The van der Waals surface area contributed by atoms with Crippen molar-refractivity contribution in [3.05, 3.63) is 12.2 Å². The molecule has 0 aliphatic carbocycles. The van der Waals surface area contributed by atoms with Crippen LogP contribution in [0.4, 0.5) is 0 Å². The van der Waals surface area contributed by atoms with Crippen molar-refractivity contribution in [1.29, 1.82) is 0 Å². The monoisotopic (exact) mass is 252 g/mol. The molecule has 0 saturated heterocycles. The fraction of sp³-hybridized carbons (Fsp3) is 0.889. The molecule has 0 amide bonds. The molecule has 0 heterocycles. The maximum Gasteiger partial charge on any atom is -0.0259 e. The van der Waals surface area contributed by atoms with E-state index in [9.17, 15) is 0 Å². The first-order valence-electron chi connectivity index (χ1n) is 8.41. The molecular weight excluding hydrogens is 216 g/mol. The van der Waals surface area contributed by atoms with Gasteiger partial charge in [0.05, 0.1) is 0 Å². The minimum Gasteiger partial charge on any atom is -0.0883 e. The number of hydrogen-bond acceptors (Lipinski definition) is 0. The average Bonchev–Trinajstić information content (AvgIpc) is 2.34. The minimum absolute atomic E-state index is 0.777. The molecule has 0 rings (SSSR count). The first kappa shape index (κ1) is 17.7. The van der Waals surface area contributed by atoms with Gasteiger partial charge in [-0.15, -0.1) is 0 Å². The predicted molar refractivity (Wildman–Crippen MR) is 85.0 cm³/mol. The highest BCUT2D eigenvalue weighted by atomic mass is 14.1. The summed E-state index contributed by atoms with van der Waals surface area (Å²) in [7, 11) is 0. The molecule has 0 radical (unpaired) electrons. The van der Waals surface area contributed by atoms with Crippen molar-refractivity contribution in [2.24, 2.45) is 11.8 Å². The topological polar surface area (TPSA) is 0 Å². The first-order valence-corrected chi connectivity index (χ1v) is 8.41. The Bertz CT molecular complexity index is 174. The van der Waals surface area contributed by atoms with Crippen molar-refractivity contribution in [2.75, 3.05) is 0 Å². The van der Waals surface area contributed by atoms with Gasteiger partial charge in [0, 0.05) is 0 Å². The highest BCUT2D eigenvalue weighted by molar-refractivity contribution is 4.87. The molecule has 0 heteroatoms. The van der Waals surface area contributed by atoms with Gasteiger partial charge in [0.25, 0.3) is 0 Å². The van der Waals surface area contributed by atoms with E-state index in [1.54, 1.807) is 0 Å². The van der Waals surface area contributed by atoms with Gasteiger partial charge in [-0.1, -0.05) is 84.8 Å². The van der Waals surface area contributed by atoms with E-state index in [4.69, 9.17) is 0 Å². The van der Waals surface area contributed by atoms with Gasteiger partial charge >= 0.3 is 0 Å². The molecule has 0 aliphatic heterocycles. The number of unbranched alkanes of at least 4 members (excludes halogenated alkanes) is 4. The predicted octanol–water partition coefficient (Wildman–Crippen LogP) is 6.76. The Morgan fingerprint density at radius 1 is 0.833 bits per heavy atom. The SMILES string of the molecule is CCCCCCC=CC(C)CC(CCC)CCC. The molecular formula is C18H36. The molecule has 1 atom stereocenters. The van der Waals surface area contributed by atoms with E-state index in [2.05, 4.69) is 39.8 Å². The van der Waals surface area contributed by atoms with Crippen molar-refractivity contribution in [2.45, 2.75) is 91.9 Å². The van der Waals surface area contributed by atoms with Gasteiger partial charge in [0.2, 0.25) is 0 Å². The van der Waals surface area contributed by atoms with Crippen LogP contribution in [0.25, 0.3) is 0 Å². The Labute approximate surface area is 116 Å². The zero-order chi connectivity index (χ0) is 13.6. The quantitative estimate of drug-likeness (QED) is 0.266. The van der Waals surface area contributed by atoms with E-state index < -0.39 is 0 Å². The van der Waals surface area contributed by atoms with Crippen molar-refractivity contribution in [1.82, 2.24) is 0 Å². The minimum atomic E-state index is 0.777. The highest BCUT2D eigenvalue weighted by Crippen LogP contribution is 2.23. The molecule has 0 aliphatic rings. The fourth-order valence-corrected chi connectivity index (χ4v) is 2.82. The number of allylic oxidation sites excluding steroid dienone is 2. The normalized spacial score (nSPS) is 13.6. The molecule has 0 spiro atoms. The van der Waals surface area contributed by atoms with Crippen LogP contribution in [-0.4, -0.2) is 0 Å². The van der Waals surface area contributed by atoms with Gasteiger partial charge in [-0.05, 0) is 31.1 Å². The van der Waals surface area contributed by atoms with Crippen LogP contribution in [0.3, 0.4) is 0 Å². The third-order valence-corrected chi connectivity index (χ3v) is 3.79. The second kappa shape index (κ2) is 13.2. The lowest BCUT2D eigenvalue weighted by Gasteiger charge is -2.17. The number of hydrogen-bond donors (Lipinski definition) is 0. The summed E-state index contributed by atoms with van der Waals surface area (Å²) in [5, 5.41) is 0. The van der Waals surface area contributed by atoms with E-state index >= 15 is 0 Å². The Hall–Kier alpha value is -0.260. The molecule has 0 N–H and O–H groups in total. The zero-order valence-electron chi connectivity index (χ0n) is 13.4. The van der Waals surface area contributed by atoms with E-state index in [1.807, 2.05) is 0 Å². The van der Waals surface area contributed by atoms with Crippen LogP contribution in [0.5, 0.6) is 0 Å². The van der Waals surface area contributed by atoms with Gasteiger partial charge in [-0.25, -0.2) is 0 Å². The van der Waals surface area contributed by atoms with Crippen LogP contribution in [0, 0.1) is 11.8 Å². The van der Waals surface area contributed by atoms with Gasteiger partial charge in [0.1, 0.15) is 0 Å². The molecule has 0 aromatic rings. The Morgan fingerprint density at radius 3 is 2.06 bits per heavy atom. The Kier molecular flexibility index (Phi) is 13.0. The van der Waals surface area contributed by atoms with Gasteiger partial charge in [-0.3, -0.25) is 0 Å². The molecule has 0 bridgehead atoms. The largest absolute Gasteiger partial charge is 0.0883 e. The summed E-state index contributed by atoms with van der Waals surface area (Å²) in [6.45, 7) is 9.30. The summed E-state index contributed by atoms with van der Waals surface area (Å²) in [5.41, 5.74) is 0. The van der Waals surface area contributed by atoms with E-state index in [0.29, 0.717) is 0 Å². The molecule has 108 valence electrons. The molecule has 0 fully saturated rings. The van der Waals surface area contributed by atoms with Crippen LogP contribution < -0.4 is 0 Å². The lowest BCUT2D eigenvalue weighted by atomic mass is 9.88. The Balaban J connectivity index is 3.71. The lowest BCUT2D eigenvalue weighted by Crippen LogP contribution is -2.04. The number of rotatable bonds is 12. The Morgan fingerprint density at radius 2 is 1.50 bits per heavy atom. The van der Waals surface area contributed by atoms with Crippen LogP contribution in [-0.2, 0) is 0 Å². The summed E-state index contributed by atoms with van der Waals surface area (Å²) in [4.78, 5) is 0. The molecule has 0 nitrogen and oxygen atoms in total. The molecule has 18 heavy (non-hydrogen) atoms. The van der Waals surface area contributed by atoms with Crippen LogP contribution in [0.2, 0.25) is 0 Å². The summed E-state index contributed by atoms with van der Waals surface area (Å²) in [6, 6.07) is 0. The second-order valence-electron chi connectivity index (χ2n) is 5.93. The van der Waals surface area contributed by atoms with E-state index in [0.717, 1.165) is 11.8 Å². The third-order valence-electron chi connectivity index (χ3n) is 3.79. The van der Waals surface area contributed by atoms with Crippen LogP contribution >= 0.6 is 0 Å². The van der Waals surface area contributed by atoms with Crippen LogP contribution in [0.15, 0.2) is 12.2 Å². The van der Waals surface area contributed by atoms with Crippen molar-refractivity contribution in [3.8, 4) is 0 Å². The summed E-state index contributed by atoms with van der Waals surface area (Å²) < 4.78 is 0. The summed E-state index contributed by atoms with van der Waals surface area (Å²) in [6.07, 6.45) is 18.6. The maximum absolute atomic E-state index is 2.46. The average molecular weight is 252 g/mol. The van der Waals surface area contributed by atoms with Crippen molar-refractivity contribution < 1.29 is 0 Å². The second-order valence-corrected chi connectivity index (χ2v) is 5.93. The summed E-state index contributed by atoms with van der Waals surface area (Å²) >= 11 is 0. The van der Waals surface area contributed by atoms with Gasteiger partial charge in [-0.2, -0.15) is 0 Å². The molecule has 0 aromatic heterocycles. The molecule has 1 unspecified atom stereocenters. The third kappa shape index (κ3) is 10.9. The fourth-order valence-electron chi connectivity index (χ4n) is 2.82. The lowest BCUT2D eigenvalue weighted by molar-refractivity contribution is 0.374. The molecule has 0 saturated carbocycles. The van der Waals surface area contributed by atoms with E-state index in [1.165, 1.54) is 64.2 Å². The van der Waals surface area contributed by atoms with Crippen molar-refractivity contribution in [3.63, 3.8) is 0 Å². The summed E-state index contributed by atoms with van der Waals surface area (Å²) in [5.74, 6) is 1.74. The molecule has 0 aromatic carbocycles. The van der Waals surface area contributed by atoms with Crippen molar-refractivity contribution >= 4 is 0 Å².